The molecule has 1 saturated heterocycles. The largest absolute Gasteiger partial charge is 0.322 e. The summed E-state index contributed by atoms with van der Waals surface area (Å²) in [5.74, 6) is 0. The Kier molecular flexibility index (Phi) is 6.13. The number of anilines is 1. The van der Waals surface area contributed by atoms with Gasteiger partial charge < -0.3 is 10.2 Å². The predicted molar refractivity (Wildman–Crippen MR) is 99.5 cm³/mol. The Morgan fingerprint density at radius 2 is 1.75 bits per heavy atom. The molecule has 1 aliphatic heterocycles. The molecular weight excluding hydrogens is 298 g/mol. The second-order valence-corrected chi connectivity index (χ2v) is 7.19. The maximum absolute atomic E-state index is 12.4. The van der Waals surface area contributed by atoms with Gasteiger partial charge in [0, 0.05) is 37.9 Å². The first kappa shape index (κ1) is 17.3. The highest BCUT2D eigenvalue weighted by Crippen LogP contribution is 2.24. The quantitative estimate of drug-likeness (QED) is 0.882. The summed E-state index contributed by atoms with van der Waals surface area (Å²) in [4.78, 5) is 17.0. The lowest BCUT2D eigenvalue weighted by atomic mass is 10.1. The van der Waals surface area contributed by atoms with Gasteiger partial charge in [-0.1, -0.05) is 38.3 Å². The van der Waals surface area contributed by atoms with E-state index in [0.717, 1.165) is 44.3 Å². The smallest absolute Gasteiger partial charge is 0.321 e. The zero-order chi connectivity index (χ0) is 16.8. The van der Waals surface area contributed by atoms with Crippen molar-refractivity contribution in [2.45, 2.75) is 57.9 Å². The molecule has 4 heteroatoms. The maximum atomic E-state index is 12.4. The van der Waals surface area contributed by atoms with E-state index in [1.807, 2.05) is 17.0 Å². The standard InChI is InChI=1S/C20H31N3O/c1-2-3-6-17-9-11-18(12-10-17)21-20(24)23-15-13-22(14-16-23)19-7-4-5-8-19/h9-12,19H,2-8,13-16H2,1H3,(H,21,24). The first-order chi connectivity index (χ1) is 11.8. The molecule has 0 unspecified atom stereocenters. The molecule has 0 bridgehead atoms. The van der Waals surface area contributed by atoms with Gasteiger partial charge >= 0.3 is 6.03 Å². The topological polar surface area (TPSA) is 35.6 Å². The minimum absolute atomic E-state index is 0.0439. The second-order valence-electron chi connectivity index (χ2n) is 7.19. The van der Waals surface area contributed by atoms with Crippen LogP contribution in [0.3, 0.4) is 0 Å². The van der Waals surface area contributed by atoms with E-state index in [4.69, 9.17) is 0 Å². The van der Waals surface area contributed by atoms with Gasteiger partial charge in [-0.15, -0.1) is 0 Å². The molecule has 1 aromatic rings. The SMILES string of the molecule is CCCCc1ccc(NC(=O)N2CCN(C3CCCC3)CC2)cc1. The van der Waals surface area contributed by atoms with Crippen LogP contribution in [0, 0.1) is 0 Å². The van der Waals surface area contributed by atoms with Gasteiger partial charge in [0.2, 0.25) is 0 Å². The fourth-order valence-electron chi connectivity index (χ4n) is 3.90. The Labute approximate surface area is 146 Å². The highest BCUT2D eigenvalue weighted by molar-refractivity contribution is 5.89. The van der Waals surface area contributed by atoms with E-state index in [9.17, 15) is 4.79 Å². The fraction of sp³-hybridized carbons (Fsp3) is 0.650. The van der Waals surface area contributed by atoms with Crippen molar-refractivity contribution < 1.29 is 4.79 Å². The van der Waals surface area contributed by atoms with Crippen molar-refractivity contribution >= 4 is 11.7 Å². The number of carbonyl (C=O) groups is 1. The number of rotatable bonds is 5. The van der Waals surface area contributed by atoms with Crippen molar-refractivity contribution in [1.29, 1.82) is 0 Å². The molecule has 1 N–H and O–H groups in total. The number of urea groups is 1. The summed E-state index contributed by atoms with van der Waals surface area (Å²) in [6, 6.07) is 9.12. The first-order valence-electron chi connectivity index (χ1n) is 9.65. The number of benzene rings is 1. The fourth-order valence-corrected chi connectivity index (χ4v) is 3.90. The highest BCUT2D eigenvalue weighted by atomic mass is 16.2. The number of nitrogens with one attached hydrogen (secondary N) is 1. The van der Waals surface area contributed by atoms with Gasteiger partial charge in [0.25, 0.3) is 0 Å². The molecule has 0 aromatic heterocycles. The summed E-state index contributed by atoms with van der Waals surface area (Å²) in [6.45, 7) is 5.94. The molecule has 2 fully saturated rings. The van der Waals surface area contributed by atoms with Crippen molar-refractivity contribution in [2.75, 3.05) is 31.5 Å². The van der Waals surface area contributed by atoms with E-state index in [1.54, 1.807) is 0 Å². The second kappa shape index (κ2) is 8.52. The normalized spacial score (nSPS) is 19.6. The maximum Gasteiger partial charge on any atom is 0.321 e. The Bertz CT molecular complexity index is 514. The van der Waals surface area contributed by atoms with Crippen LogP contribution in [0.1, 0.15) is 51.0 Å². The average molecular weight is 329 g/mol. The lowest BCUT2D eigenvalue weighted by molar-refractivity contribution is 0.115. The number of amides is 2. The van der Waals surface area contributed by atoms with Crippen molar-refractivity contribution in [3.05, 3.63) is 29.8 Å². The van der Waals surface area contributed by atoms with Crippen LogP contribution < -0.4 is 5.32 Å². The zero-order valence-corrected chi connectivity index (χ0v) is 15.0. The zero-order valence-electron chi connectivity index (χ0n) is 15.0. The molecule has 24 heavy (non-hydrogen) atoms. The van der Waals surface area contributed by atoms with Gasteiger partial charge in [-0.25, -0.2) is 4.79 Å². The van der Waals surface area contributed by atoms with Crippen molar-refractivity contribution in [2.24, 2.45) is 0 Å². The Balaban J connectivity index is 1.45. The minimum Gasteiger partial charge on any atom is -0.322 e. The minimum atomic E-state index is 0.0439. The Hall–Kier alpha value is -1.55. The lowest BCUT2D eigenvalue weighted by Gasteiger charge is -2.38. The molecular formula is C20H31N3O. The third kappa shape index (κ3) is 4.50. The van der Waals surface area contributed by atoms with E-state index in [1.165, 1.54) is 44.1 Å². The predicted octanol–water partition coefficient (Wildman–Crippen LogP) is 4.12. The van der Waals surface area contributed by atoms with Crippen LogP contribution in [0.15, 0.2) is 24.3 Å². The molecule has 2 amide bonds. The molecule has 1 aliphatic carbocycles. The van der Waals surface area contributed by atoms with E-state index in [0.29, 0.717) is 0 Å². The van der Waals surface area contributed by atoms with Crippen LogP contribution in [0.4, 0.5) is 10.5 Å². The van der Waals surface area contributed by atoms with E-state index in [2.05, 4.69) is 29.3 Å². The van der Waals surface area contributed by atoms with Crippen LogP contribution in [-0.4, -0.2) is 48.1 Å². The van der Waals surface area contributed by atoms with E-state index in [-0.39, 0.29) is 6.03 Å². The summed E-state index contributed by atoms with van der Waals surface area (Å²) in [5.41, 5.74) is 2.25. The molecule has 132 valence electrons. The molecule has 1 saturated carbocycles. The van der Waals surface area contributed by atoms with E-state index < -0.39 is 0 Å². The van der Waals surface area contributed by atoms with Crippen LogP contribution in [0.25, 0.3) is 0 Å². The number of nitrogens with zero attached hydrogens (tertiary/aromatic N) is 2. The molecule has 3 rings (SSSR count). The van der Waals surface area contributed by atoms with Crippen molar-refractivity contribution in [1.82, 2.24) is 9.80 Å². The van der Waals surface area contributed by atoms with Crippen molar-refractivity contribution in [3.63, 3.8) is 0 Å². The number of hydrogen-bond donors (Lipinski definition) is 1. The van der Waals surface area contributed by atoms with Gasteiger partial charge in [0.1, 0.15) is 0 Å². The summed E-state index contributed by atoms with van der Waals surface area (Å²) in [5, 5.41) is 3.05. The molecule has 0 spiro atoms. The van der Waals surface area contributed by atoms with Gasteiger partial charge in [-0.3, -0.25) is 4.90 Å². The molecule has 0 radical (unpaired) electrons. The highest BCUT2D eigenvalue weighted by Gasteiger charge is 2.27. The summed E-state index contributed by atoms with van der Waals surface area (Å²) in [7, 11) is 0. The molecule has 2 aliphatic rings. The van der Waals surface area contributed by atoms with Gasteiger partial charge in [-0.05, 0) is 43.4 Å². The first-order valence-corrected chi connectivity index (χ1v) is 9.65. The number of piperazine rings is 1. The van der Waals surface area contributed by atoms with Crippen LogP contribution in [0.5, 0.6) is 0 Å². The number of hydrogen-bond acceptors (Lipinski definition) is 2. The van der Waals surface area contributed by atoms with Gasteiger partial charge in [0.15, 0.2) is 0 Å². The van der Waals surface area contributed by atoms with Gasteiger partial charge in [-0.2, -0.15) is 0 Å². The molecule has 1 aromatic carbocycles. The van der Waals surface area contributed by atoms with Crippen LogP contribution >= 0.6 is 0 Å². The number of carbonyl (C=O) groups excluding carboxylic acids is 1. The van der Waals surface area contributed by atoms with Crippen LogP contribution in [-0.2, 0) is 6.42 Å². The van der Waals surface area contributed by atoms with E-state index >= 15 is 0 Å². The van der Waals surface area contributed by atoms with Crippen LogP contribution in [0.2, 0.25) is 0 Å². The lowest BCUT2D eigenvalue weighted by Crippen LogP contribution is -2.52. The Morgan fingerprint density at radius 1 is 1.08 bits per heavy atom. The molecule has 0 atom stereocenters. The van der Waals surface area contributed by atoms with Crippen molar-refractivity contribution in [3.8, 4) is 0 Å². The summed E-state index contributed by atoms with van der Waals surface area (Å²) >= 11 is 0. The number of aryl methyl sites for hydroxylation is 1. The third-order valence-electron chi connectivity index (χ3n) is 5.47. The third-order valence-corrected chi connectivity index (χ3v) is 5.47. The number of unbranched alkanes of at least 4 members (excludes halogenated alkanes) is 1. The van der Waals surface area contributed by atoms with Gasteiger partial charge in [0.05, 0.1) is 0 Å². The average Bonchev–Trinajstić information content (AvgIpc) is 3.16. The summed E-state index contributed by atoms with van der Waals surface area (Å²) in [6.07, 6.45) is 8.99. The molecule has 1 heterocycles. The molecule has 4 nitrogen and oxygen atoms in total. The Morgan fingerprint density at radius 3 is 2.38 bits per heavy atom. The summed E-state index contributed by atoms with van der Waals surface area (Å²) < 4.78 is 0. The monoisotopic (exact) mass is 329 g/mol.